The number of benzene rings is 2. The summed E-state index contributed by atoms with van der Waals surface area (Å²) in [5, 5.41) is 5.52. The molecule has 2 N–H and O–H groups in total. The quantitative estimate of drug-likeness (QED) is 0.705. The molecule has 2 aromatic rings. The minimum Gasteiger partial charge on any atom is -0.326 e. The van der Waals surface area contributed by atoms with Gasteiger partial charge in [-0.3, -0.25) is 14.4 Å². The van der Waals surface area contributed by atoms with Gasteiger partial charge in [0.25, 0.3) is 0 Å². The second-order valence-electron chi connectivity index (χ2n) is 6.86. The standard InChI is InChI=1S/C23H29N3O3/c1-5-18-8-7-9-19(6-2)23(18)26(17(4)28)15-14-22(29)25-21-12-10-20(11-13-21)24-16(3)27/h7-13H,5-6,14-15H2,1-4H3,(H,24,27)(H,25,29). The lowest BCUT2D eigenvalue weighted by atomic mass is 10.0. The summed E-state index contributed by atoms with van der Waals surface area (Å²) >= 11 is 0. The summed E-state index contributed by atoms with van der Waals surface area (Å²) in [7, 11) is 0. The van der Waals surface area contributed by atoms with Crippen molar-refractivity contribution >= 4 is 34.8 Å². The number of anilines is 3. The molecular formula is C23H29N3O3. The molecule has 0 spiro atoms. The van der Waals surface area contributed by atoms with Crippen molar-refractivity contribution in [1.29, 1.82) is 0 Å². The highest BCUT2D eigenvalue weighted by Gasteiger charge is 2.19. The number of rotatable bonds is 8. The lowest BCUT2D eigenvalue weighted by Crippen LogP contribution is -2.33. The molecule has 0 aliphatic carbocycles. The van der Waals surface area contributed by atoms with Crippen LogP contribution in [0.25, 0.3) is 0 Å². The fraction of sp³-hybridized carbons (Fsp3) is 0.348. The van der Waals surface area contributed by atoms with Crippen LogP contribution in [-0.4, -0.2) is 24.3 Å². The summed E-state index contributed by atoms with van der Waals surface area (Å²) in [6.07, 6.45) is 1.83. The van der Waals surface area contributed by atoms with E-state index in [1.807, 2.05) is 18.2 Å². The summed E-state index contributed by atoms with van der Waals surface area (Å²) in [4.78, 5) is 37.5. The largest absolute Gasteiger partial charge is 0.326 e. The molecule has 0 heterocycles. The van der Waals surface area contributed by atoms with Gasteiger partial charge in [-0.15, -0.1) is 0 Å². The predicted octanol–water partition coefficient (Wildman–Crippen LogP) is 4.15. The number of nitrogens with one attached hydrogen (secondary N) is 2. The zero-order valence-corrected chi connectivity index (χ0v) is 17.5. The molecule has 0 radical (unpaired) electrons. The molecule has 29 heavy (non-hydrogen) atoms. The molecule has 0 unspecified atom stereocenters. The Morgan fingerprint density at radius 3 is 1.79 bits per heavy atom. The molecule has 0 saturated carbocycles. The third-order valence-corrected chi connectivity index (χ3v) is 4.67. The number of hydrogen-bond acceptors (Lipinski definition) is 3. The van der Waals surface area contributed by atoms with E-state index in [1.165, 1.54) is 13.8 Å². The van der Waals surface area contributed by atoms with E-state index in [9.17, 15) is 14.4 Å². The van der Waals surface area contributed by atoms with Gasteiger partial charge in [-0.1, -0.05) is 32.0 Å². The van der Waals surface area contributed by atoms with Crippen molar-refractivity contribution in [2.75, 3.05) is 22.1 Å². The van der Waals surface area contributed by atoms with E-state index < -0.39 is 0 Å². The Morgan fingerprint density at radius 1 is 0.828 bits per heavy atom. The van der Waals surface area contributed by atoms with E-state index in [1.54, 1.807) is 29.2 Å². The Kier molecular flexibility index (Phi) is 7.95. The van der Waals surface area contributed by atoms with Crippen LogP contribution in [0.4, 0.5) is 17.1 Å². The maximum Gasteiger partial charge on any atom is 0.226 e. The van der Waals surface area contributed by atoms with Gasteiger partial charge >= 0.3 is 0 Å². The maximum absolute atomic E-state index is 12.4. The second-order valence-corrected chi connectivity index (χ2v) is 6.86. The van der Waals surface area contributed by atoms with Crippen LogP contribution in [0.15, 0.2) is 42.5 Å². The van der Waals surface area contributed by atoms with Crippen LogP contribution in [0.5, 0.6) is 0 Å². The third-order valence-electron chi connectivity index (χ3n) is 4.67. The lowest BCUT2D eigenvalue weighted by Gasteiger charge is -2.26. The van der Waals surface area contributed by atoms with Gasteiger partial charge < -0.3 is 15.5 Å². The number of amides is 3. The van der Waals surface area contributed by atoms with Gasteiger partial charge in [0.15, 0.2) is 0 Å². The number of hydrogen-bond donors (Lipinski definition) is 2. The molecule has 0 aliphatic rings. The minimum absolute atomic E-state index is 0.0759. The van der Waals surface area contributed by atoms with Gasteiger partial charge in [-0.25, -0.2) is 0 Å². The summed E-state index contributed by atoms with van der Waals surface area (Å²) in [5.74, 6) is -0.395. The first-order chi connectivity index (χ1) is 13.8. The summed E-state index contributed by atoms with van der Waals surface area (Å²) < 4.78 is 0. The maximum atomic E-state index is 12.4. The smallest absolute Gasteiger partial charge is 0.226 e. The van der Waals surface area contributed by atoms with E-state index in [4.69, 9.17) is 0 Å². The van der Waals surface area contributed by atoms with Crippen LogP contribution in [0.2, 0.25) is 0 Å². The average molecular weight is 396 g/mol. The van der Waals surface area contributed by atoms with Gasteiger partial charge in [0.2, 0.25) is 17.7 Å². The summed E-state index contributed by atoms with van der Waals surface area (Å²) in [5.41, 5.74) is 4.45. The van der Waals surface area contributed by atoms with Crippen molar-refractivity contribution in [1.82, 2.24) is 0 Å². The molecule has 0 saturated heterocycles. The van der Waals surface area contributed by atoms with Crippen molar-refractivity contribution in [3.63, 3.8) is 0 Å². The predicted molar refractivity (Wildman–Crippen MR) is 117 cm³/mol. The number of nitrogens with zero attached hydrogens (tertiary/aromatic N) is 1. The van der Waals surface area contributed by atoms with E-state index in [0.29, 0.717) is 17.9 Å². The molecule has 2 rings (SSSR count). The molecule has 0 atom stereocenters. The zero-order chi connectivity index (χ0) is 21.4. The van der Waals surface area contributed by atoms with Crippen LogP contribution < -0.4 is 15.5 Å². The summed E-state index contributed by atoms with van der Waals surface area (Å²) in [6, 6.07) is 13.0. The summed E-state index contributed by atoms with van der Waals surface area (Å²) in [6.45, 7) is 7.42. The SMILES string of the molecule is CCc1cccc(CC)c1N(CCC(=O)Nc1ccc(NC(C)=O)cc1)C(C)=O. The van der Waals surface area contributed by atoms with Crippen molar-refractivity contribution in [2.24, 2.45) is 0 Å². The fourth-order valence-electron chi connectivity index (χ4n) is 3.27. The fourth-order valence-corrected chi connectivity index (χ4v) is 3.27. The first-order valence-corrected chi connectivity index (χ1v) is 9.92. The Bertz CT molecular complexity index is 853. The molecule has 0 aromatic heterocycles. The monoisotopic (exact) mass is 395 g/mol. The highest BCUT2D eigenvalue weighted by atomic mass is 16.2. The number of aryl methyl sites for hydroxylation is 2. The van der Waals surface area contributed by atoms with Crippen molar-refractivity contribution in [3.05, 3.63) is 53.6 Å². The second kappa shape index (κ2) is 10.4. The van der Waals surface area contributed by atoms with Crippen LogP contribution in [-0.2, 0) is 27.2 Å². The van der Waals surface area contributed by atoms with Crippen molar-refractivity contribution < 1.29 is 14.4 Å². The molecule has 0 aliphatic heterocycles. The van der Waals surface area contributed by atoms with E-state index in [0.717, 1.165) is 29.7 Å². The van der Waals surface area contributed by atoms with E-state index >= 15 is 0 Å². The zero-order valence-electron chi connectivity index (χ0n) is 17.5. The Labute approximate surface area is 172 Å². The Hall–Kier alpha value is -3.15. The molecule has 6 heteroatoms. The first-order valence-electron chi connectivity index (χ1n) is 9.92. The Balaban J connectivity index is 2.07. The first kappa shape index (κ1) is 22.1. The molecule has 3 amide bonds. The van der Waals surface area contributed by atoms with E-state index in [2.05, 4.69) is 24.5 Å². The highest BCUT2D eigenvalue weighted by molar-refractivity contribution is 5.96. The molecular weight excluding hydrogens is 366 g/mol. The molecule has 0 fully saturated rings. The van der Waals surface area contributed by atoms with E-state index in [-0.39, 0.29) is 24.1 Å². The van der Waals surface area contributed by atoms with Gasteiger partial charge in [0.1, 0.15) is 0 Å². The molecule has 154 valence electrons. The molecule has 0 bridgehead atoms. The number of carbonyl (C=O) groups excluding carboxylic acids is 3. The van der Waals surface area contributed by atoms with Gasteiger partial charge in [0, 0.05) is 43.9 Å². The van der Waals surface area contributed by atoms with Crippen LogP contribution in [0, 0.1) is 0 Å². The van der Waals surface area contributed by atoms with Gasteiger partial charge in [0.05, 0.1) is 0 Å². The van der Waals surface area contributed by atoms with Crippen LogP contribution >= 0.6 is 0 Å². The van der Waals surface area contributed by atoms with Crippen molar-refractivity contribution in [3.8, 4) is 0 Å². The van der Waals surface area contributed by atoms with Crippen LogP contribution in [0.3, 0.4) is 0 Å². The molecule has 2 aromatic carbocycles. The van der Waals surface area contributed by atoms with Gasteiger partial charge in [-0.2, -0.15) is 0 Å². The number of para-hydroxylation sites is 1. The lowest BCUT2D eigenvalue weighted by molar-refractivity contribution is -0.117. The highest BCUT2D eigenvalue weighted by Crippen LogP contribution is 2.27. The average Bonchev–Trinajstić information content (AvgIpc) is 2.69. The number of carbonyl (C=O) groups is 3. The molecule has 6 nitrogen and oxygen atoms in total. The third kappa shape index (κ3) is 6.17. The Morgan fingerprint density at radius 2 is 1.34 bits per heavy atom. The normalized spacial score (nSPS) is 10.3. The minimum atomic E-state index is -0.171. The van der Waals surface area contributed by atoms with Crippen LogP contribution in [0.1, 0.15) is 45.2 Å². The topological polar surface area (TPSA) is 78.5 Å². The van der Waals surface area contributed by atoms with Gasteiger partial charge in [-0.05, 0) is 48.2 Å². The van der Waals surface area contributed by atoms with Crippen molar-refractivity contribution in [2.45, 2.75) is 47.0 Å².